The van der Waals surface area contributed by atoms with Gasteiger partial charge in [0.25, 0.3) is 0 Å². The minimum Gasteiger partial charge on any atom is -0.289 e. The lowest BCUT2D eigenvalue weighted by Crippen LogP contribution is -2.37. The Hall–Kier alpha value is -2.44. The van der Waals surface area contributed by atoms with Gasteiger partial charge in [0.2, 0.25) is 0 Å². The Balaban J connectivity index is 1.63. The van der Waals surface area contributed by atoms with Crippen LogP contribution in [-0.2, 0) is 6.54 Å². The summed E-state index contributed by atoms with van der Waals surface area (Å²) in [6, 6.07) is 18.0. The van der Waals surface area contributed by atoms with Gasteiger partial charge in [0.1, 0.15) is 5.82 Å². The number of benzene rings is 2. The predicted octanol–water partition coefficient (Wildman–Crippen LogP) is 4.52. The van der Waals surface area contributed by atoms with Gasteiger partial charge < -0.3 is 0 Å². The summed E-state index contributed by atoms with van der Waals surface area (Å²) in [5.74, 6) is -0.274. The van der Waals surface area contributed by atoms with E-state index in [9.17, 15) is 9.65 Å². The van der Waals surface area contributed by atoms with Crippen molar-refractivity contribution in [3.63, 3.8) is 0 Å². The second-order valence-corrected chi connectivity index (χ2v) is 6.65. The standard InChI is InChI=1S/C21H19FN2/c22-18-7-6-16(13-23)21(12-18)17-10-19-8-9-20(11-17)24(19)14-15-4-2-1-3-5-15/h1-7,10,12,19-20H,8-9,11,14H2. The number of hydrogen-bond donors (Lipinski definition) is 0. The molecule has 2 aliphatic heterocycles. The van der Waals surface area contributed by atoms with Crippen LogP contribution in [0, 0.1) is 17.1 Å². The number of rotatable bonds is 3. The molecule has 0 spiro atoms. The summed E-state index contributed by atoms with van der Waals surface area (Å²) < 4.78 is 13.7. The molecule has 2 aromatic rings. The Morgan fingerprint density at radius 2 is 1.96 bits per heavy atom. The maximum Gasteiger partial charge on any atom is 0.123 e. The van der Waals surface area contributed by atoms with Crippen molar-refractivity contribution in [2.75, 3.05) is 0 Å². The molecule has 24 heavy (non-hydrogen) atoms. The lowest BCUT2D eigenvalue weighted by molar-refractivity contribution is 0.203. The fraction of sp³-hybridized carbons (Fsp3) is 0.286. The van der Waals surface area contributed by atoms with E-state index in [-0.39, 0.29) is 5.82 Å². The third kappa shape index (κ3) is 2.74. The molecule has 0 amide bonds. The number of halogens is 1. The molecule has 4 rings (SSSR count). The highest BCUT2D eigenvalue weighted by atomic mass is 19.1. The molecule has 0 radical (unpaired) electrons. The third-order valence-electron chi connectivity index (χ3n) is 5.20. The van der Waals surface area contributed by atoms with E-state index < -0.39 is 0 Å². The van der Waals surface area contributed by atoms with Crippen LogP contribution in [0.15, 0.2) is 54.6 Å². The predicted molar refractivity (Wildman–Crippen MR) is 92.5 cm³/mol. The Morgan fingerprint density at radius 1 is 1.12 bits per heavy atom. The van der Waals surface area contributed by atoms with Crippen LogP contribution in [-0.4, -0.2) is 17.0 Å². The van der Waals surface area contributed by atoms with Gasteiger partial charge in [0, 0.05) is 18.6 Å². The Morgan fingerprint density at radius 3 is 2.71 bits per heavy atom. The van der Waals surface area contributed by atoms with Gasteiger partial charge in [-0.3, -0.25) is 4.90 Å². The fourth-order valence-corrected chi connectivity index (χ4v) is 4.04. The molecule has 2 aromatic carbocycles. The molecule has 3 heteroatoms. The van der Waals surface area contributed by atoms with E-state index in [0.29, 0.717) is 17.6 Å². The average molecular weight is 318 g/mol. The van der Waals surface area contributed by atoms with Crippen LogP contribution in [0.4, 0.5) is 4.39 Å². The Bertz CT molecular complexity index is 819. The maximum atomic E-state index is 13.7. The van der Waals surface area contributed by atoms with Crippen LogP contribution < -0.4 is 0 Å². The topological polar surface area (TPSA) is 27.0 Å². The number of fused-ring (bicyclic) bond motifs is 2. The van der Waals surface area contributed by atoms with Crippen molar-refractivity contribution in [2.45, 2.75) is 37.9 Å². The lowest BCUT2D eigenvalue weighted by atomic mass is 9.91. The molecular formula is C21H19FN2. The van der Waals surface area contributed by atoms with E-state index in [1.165, 1.54) is 17.7 Å². The van der Waals surface area contributed by atoms with E-state index in [2.05, 4.69) is 41.3 Å². The summed E-state index contributed by atoms with van der Waals surface area (Å²) in [5.41, 5.74) is 3.80. The second-order valence-electron chi connectivity index (χ2n) is 6.65. The summed E-state index contributed by atoms with van der Waals surface area (Å²) in [7, 11) is 0. The fourth-order valence-electron chi connectivity index (χ4n) is 4.04. The van der Waals surface area contributed by atoms with Gasteiger partial charge >= 0.3 is 0 Å². The minimum absolute atomic E-state index is 0.274. The molecule has 2 unspecified atom stereocenters. The molecule has 0 N–H and O–H groups in total. The average Bonchev–Trinajstić information content (AvgIpc) is 2.84. The molecule has 0 saturated carbocycles. The molecule has 2 aliphatic rings. The summed E-state index contributed by atoms with van der Waals surface area (Å²) in [6.07, 6.45) is 5.44. The van der Waals surface area contributed by atoms with Crippen LogP contribution >= 0.6 is 0 Å². The highest BCUT2D eigenvalue weighted by molar-refractivity contribution is 5.72. The normalized spacial score (nSPS) is 22.9. The lowest BCUT2D eigenvalue weighted by Gasteiger charge is -2.34. The molecular weight excluding hydrogens is 299 g/mol. The zero-order chi connectivity index (χ0) is 16.5. The van der Waals surface area contributed by atoms with Crippen molar-refractivity contribution >= 4 is 5.57 Å². The van der Waals surface area contributed by atoms with E-state index in [1.54, 1.807) is 6.07 Å². The second kappa shape index (κ2) is 6.22. The van der Waals surface area contributed by atoms with Gasteiger partial charge in [-0.15, -0.1) is 0 Å². The van der Waals surface area contributed by atoms with Gasteiger partial charge in [0.15, 0.2) is 0 Å². The number of nitriles is 1. The van der Waals surface area contributed by atoms with E-state index in [1.807, 2.05) is 6.07 Å². The minimum atomic E-state index is -0.274. The molecule has 1 saturated heterocycles. The number of nitrogens with zero attached hydrogens (tertiary/aromatic N) is 2. The molecule has 1 fully saturated rings. The molecule has 2 nitrogen and oxygen atoms in total. The van der Waals surface area contributed by atoms with E-state index >= 15 is 0 Å². The molecule has 2 bridgehead atoms. The van der Waals surface area contributed by atoms with Crippen molar-refractivity contribution in [3.05, 3.63) is 77.1 Å². The first-order chi connectivity index (χ1) is 11.7. The zero-order valence-electron chi connectivity index (χ0n) is 13.5. The van der Waals surface area contributed by atoms with Gasteiger partial charge in [-0.05, 0) is 54.2 Å². The van der Waals surface area contributed by atoms with Crippen LogP contribution in [0.2, 0.25) is 0 Å². The van der Waals surface area contributed by atoms with Crippen molar-refractivity contribution in [1.29, 1.82) is 5.26 Å². The summed E-state index contributed by atoms with van der Waals surface area (Å²) in [4.78, 5) is 2.55. The zero-order valence-corrected chi connectivity index (χ0v) is 13.5. The summed E-state index contributed by atoms with van der Waals surface area (Å²) >= 11 is 0. The largest absolute Gasteiger partial charge is 0.289 e. The molecule has 0 aliphatic carbocycles. The molecule has 120 valence electrons. The number of hydrogen-bond acceptors (Lipinski definition) is 2. The quantitative estimate of drug-likeness (QED) is 0.832. The van der Waals surface area contributed by atoms with Gasteiger partial charge in [-0.2, -0.15) is 5.26 Å². The smallest absolute Gasteiger partial charge is 0.123 e. The van der Waals surface area contributed by atoms with E-state index in [0.717, 1.165) is 36.9 Å². The maximum absolute atomic E-state index is 13.7. The third-order valence-corrected chi connectivity index (χ3v) is 5.20. The van der Waals surface area contributed by atoms with Gasteiger partial charge in [-0.1, -0.05) is 36.4 Å². The van der Waals surface area contributed by atoms with Gasteiger partial charge in [0.05, 0.1) is 11.6 Å². The summed E-state index contributed by atoms with van der Waals surface area (Å²) in [5, 5.41) is 9.32. The van der Waals surface area contributed by atoms with Crippen LogP contribution in [0.5, 0.6) is 0 Å². The summed E-state index contributed by atoms with van der Waals surface area (Å²) in [6.45, 7) is 0.953. The monoisotopic (exact) mass is 318 g/mol. The highest BCUT2D eigenvalue weighted by Gasteiger charge is 2.36. The van der Waals surface area contributed by atoms with Crippen molar-refractivity contribution < 1.29 is 4.39 Å². The van der Waals surface area contributed by atoms with Crippen LogP contribution in [0.3, 0.4) is 0 Å². The first-order valence-electron chi connectivity index (χ1n) is 8.45. The molecule has 2 heterocycles. The first-order valence-corrected chi connectivity index (χ1v) is 8.45. The Kier molecular flexibility index (Phi) is 3.92. The van der Waals surface area contributed by atoms with Crippen LogP contribution in [0.25, 0.3) is 5.57 Å². The van der Waals surface area contributed by atoms with Crippen molar-refractivity contribution in [3.8, 4) is 6.07 Å². The van der Waals surface area contributed by atoms with Crippen LogP contribution in [0.1, 0.15) is 36.0 Å². The highest BCUT2D eigenvalue weighted by Crippen LogP contribution is 2.40. The SMILES string of the molecule is N#Cc1ccc(F)cc1C1=CC2CCC(C1)N2Cc1ccccc1. The van der Waals surface area contributed by atoms with Gasteiger partial charge in [-0.25, -0.2) is 4.39 Å². The molecule has 0 aromatic heterocycles. The van der Waals surface area contributed by atoms with Crippen molar-refractivity contribution in [2.24, 2.45) is 0 Å². The first kappa shape index (κ1) is 15.1. The van der Waals surface area contributed by atoms with Crippen molar-refractivity contribution in [1.82, 2.24) is 4.90 Å². The molecule has 2 atom stereocenters. The Labute approximate surface area is 141 Å². The van der Waals surface area contributed by atoms with E-state index in [4.69, 9.17) is 0 Å².